The topological polar surface area (TPSA) is 0 Å². The molecule has 1 atom stereocenters. The van der Waals surface area contributed by atoms with Gasteiger partial charge in [0, 0.05) is 5.54 Å². The number of allylic oxidation sites excluding steroid dienone is 4. The predicted molar refractivity (Wildman–Crippen MR) is 237 cm³/mol. The van der Waals surface area contributed by atoms with Gasteiger partial charge in [0.05, 0.1) is 0 Å². The lowest BCUT2D eigenvalue weighted by Gasteiger charge is -2.43. The molecule has 0 heterocycles. The summed E-state index contributed by atoms with van der Waals surface area (Å²) in [6, 6.07) is 23.6. The fourth-order valence-electron chi connectivity index (χ4n) is 7.76. The molecule has 0 fully saturated rings. The standard InChI is InChI=1S/C51H76Si/c1-20-21-23-35-24-22-25-45(35)52(42-29-36(46(2,3)4)26-37(30-42)47(5,6)7,43-31-38(48(8,9)10)27-39(32-43)49(11,12)13)44-33-40(50(14,15)16)28-41(34-44)51(17,18)19/h22,24-34,45H,20-21,23H2,1-19H3. The first-order valence-corrected chi connectivity index (χ1v) is 22.5. The number of unbranched alkanes of at least 4 members (excludes halogenated alkanes) is 1. The molecule has 0 spiro atoms. The Kier molecular flexibility index (Phi) is 11.5. The summed E-state index contributed by atoms with van der Waals surface area (Å²) in [5.41, 5.74) is 10.6. The summed E-state index contributed by atoms with van der Waals surface area (Å²) in [5.74, 6) is 0. The van der Waals surface area contributed by atoms with Crippen LogP contribution in [0.25, 0.3) is 0 Å². The summed E-state index contributed by atoms with van der Waals surface area (Å²) < 4.78 is 0. The summed E-state index contributed by atoms with van der Waals surface area (Å²) >= 11 is 0. The second-order valence-corrected chi connectivity index (χ2v) is 26.4. The summed E-state index contributed by atoms with van der Waals surface area (Å²) in [6.07, 6.45) is 11.1. The van der Waals surface area contributed by atoms with Gasteiger partial charge in [-0.05, 0) is 94.3 Å². The Morgan fingerprint density at radius 2 is 0.692 bits per heavy atom. The van der Waals surface area contributed by atoms with Gasteiger partial charge in [0.1, 0.15) is 0 Å². The van der Waals surface area contributed by atoms with Gasteiger partial charge in [-0.15, -0.1) is 0 Å². The Hall–Kier alpha value is -2.64. The molecule has 0 amide bonds. The third-order valence-electron chi connectivity index (χ3n) is 11.7. The van der Waals surface area contributed by atoms with E-state index in [-0.39, 0.29) is 32.5 Å². The highest BCUT2D eigenvalue weighted by Crippen LogP contribution is 2.42. The van der Waals surface area contributed by atoms with Crippen LogP contribution in [0, 0.1) is 0 Å². The number of benzene rings is 3. The van der Waals surface area contributed by atoms with Gasteiger partial charge >= 0.3 is 0 Å². The molecule has 0 saturated carbocycles. The van der Waals surface area contributed by atoms with E-state index in [0.29, 0.717) is 5.54 Å². The maximum Gasteiger partial charge on any atom is 0.159 e. The Morgan fingerprint density at radius 1 is 0.423 bits per heavy atom. The van der Waals surface area contributed by atoms with Crippen LogP contribution in [-0.2, 0) is 32.5 Å². The molecule has 1 aliphatic carbocycles. The van der Waals surface area contributed by atoms with Crippen LogP contribution < -0.4 is 15.6 Å². The molecule has 0 bridgehead atoms. The number of hydrogen-bond acceptors (Lipinski definition) is 0. The average molecular weight is 717 g/mol. The maximum atomic E-state index is 2.67. The minimum absolute atomic E-state index is 0.0101. The van der Waals surface area contributed by atoms with Crippen LogP contribution in [0.2, 0.25) is 5.54 Å². The van der Waals surface area contributed by atoms with Crippen LogP contribution in [-0.4, -0.2) is 8.07 Å². The molecule has 1 aliphatic rings. The van der Waals surface area contributed by atoms with E-state index in [2.05, 4.69) is 204 Å². The largest absolute Gasteiger partial charge is 0.159 e. The van der Waals surface area contributed by atoms with Crippen LogP contribution >= 0.6 is 0 Å². The predicted octanol–water partition coefficient (Wildman–Crippen LogP) is 13.0. The van der Waals surface area contributed by atoms with E-state index < -0.39 is 8.07 Å². The van der Waals surface area contributed by atoms with Gasteiger partial charge in [0.25, 0.3) is 0 Å². The van der Waals surface area contributed by atoms with Crippen LogP contribution in [0.4, 0.5) is 0 Å². The summed E-state index contributed by atoms with van der Waals surface area (Å²) in [4.78, 5) is 0. The van der Waals surface area contributed by atoms with Gasteiger partial charge in [-0.2, -0.15) is 0 Å². The maximum absolute atomic E-state index is 2.92. The van der Waals surface area contributed by atoms with Crippen molar-refractivity contribution in [3.05, 3.63) is 112 Å². The van der Waals surface area contributed by atoms with E-state index in [9.17, 15) is 0 Å². The second-order valence-electron chi connectivity index (χ2n) is 22.4. The van der Waals surface area contributed by atoms with E-state index in [1.54, 1.807) is 21.1 Å². The minimum atomic E-state index is -2.92. The summed E-state index contributed by atoms with van der Waals surface area (Å²) in [6.45, 7) is 45.6. The molecular formula is C51H76Si. The van der Waals surface area contributed by atoms with E-state index in [0.717, 1.165) is 6.42 Å². The molecule has 4 rings (SSSR count). The molecule has 3 aromatic rings. The monoisotopic (exact) mass is 717 g/mol. The Balaban J connectivity index is 2.45. The highest BCUT2D eigenvalue weighted by atomic mass is 28.3. The van der Waals surface area contributed by atoms with Crippen molar-refractivity contribution in [3.63, 3.8) is 0 Å². The van der Waals surface area contributed by atoms with Crippen molar-refractivity contribution < 1.29 is 0 Å². The van der Waals surface area contributed by atoms with Gasteiger partial charge < -0.3 is 0 Å². The quantitative estimate of drug-likeness (QED) is 0.169. The molecule has 0 radical (unpaired) electrons. The van der Waals surface area contributed by atoms with Crippen LogP contribution in [0.15, 0.2) is 78.4 Å². The van der Waals surface area contributed by atoms with Crippen LogP contribution in [0.3, 0.4) is 0 Å². The van der Waals surface area contributed by atoms with Crippen LogP contribution in [0.5, 0.6) is 0 Å². The number of hydrogen-bond donors (Lipinski definition) is 0. The molecule has 1 unspecified atom stereocenters. The summed E-state index contributed by atoms with van der Waals surface area (Å²) in [7, 11) is -2.92. The van der Waals surface area contributed by atoms with Crippen molar-refractivity contribution in [2.45, 2.75) is 189 Å². The molecule has 52 heavy (non-hydrogen) atoms. The number of rotatable bonds is 7. The van der Waals surface area contributed by atoms with Gasteiger partial charge in [0.2, 0.25) is 0 Å². The van der Waals surface area contributed by atoms with Gasteiger partial charge in [-0.25, -0.2) is 0 Å². The summed E-state index contributed by atoms with van der Waals surface area (Å²) in [5, 5.41) is 4.67. The third kappa shape index (κ3) is 8.83. The molecule has 284 valence electrons. The minimum Gasteiger partial charge on any atom is -0.0790 e. The molecular weight excluding hydrogens is 641 g/mol. The van der Waals surface area contributed by atoms with Gasteiger partial charge in [-0.3, -0.25) is 0 Å². The normalized spacial score (nSPS) is 16.4. The Bertz CT molecular complexity index is 1520. The Labute approximate surface area is 323 Å². The van der Waals surface area contributed by atoms with Crippen molar-refractivity contribution >= 4 is 23.6 Å². The first-order chi connectivity index (χ1) is 23.5. The first kappa shape index (κ1) is 42.1. The first-order valence-electron chi connectivity index (χ1n) is 20.4. The van der Waals surface area contributed by atoms with E-state index in [1.807, 2.05) is 0 Å². The molecule has 0 saturated heterocycles. The van der Waals surface area contributed by atoms with Crippen LogP contribution in [0.1, 0.15) is 184 Å². The highest BCUT2D eigenvalue weighted by Gasteiger charge is 2.50. The smallest absolute Gasteiger partial charge is 0.0790 e. The van der Waals surface area contributed by atoms with Crippen molar-refractivity contribution in [2.24, 2.45) is 0 Å². The second kappa shape index (κ2) is 14.2. The van der Waals surface area contributed by atoms with Gasteiger partial charge in [0.15, 0.2) is 8.07 Å². The molecule has 0 aromatic heterocycles. The van der Waals surface area contributed by atoms with E-state index in [1.165, 1.54) is 46.2 Å². The fourth-order valence-corrected chi connectivity index (χ4v) is 13.3. The fraction of sp³-hybridized carbons (Fsp3) is 0.569. The zero-order chi connectivity index (χ0) is 39.5. The lowest BCUT2D eigenvalue weighted by molar-refractivity contribution is 0.569. The zero-order valence-corrected chi connectivity index (χ0v) is 38.1. The SMILES string of the molecule is CCCCC1=CC=CC1[Si](c1cc(C(C)(C)C)cc(C(C)(C)C)c1)(c1cc(C(C)(C)C)cc(C(C)(C)C)c1)c1cc(C(C)(C)C)cc(C(C)(C)C)c1. The third-order valence-corrected chi connectivity index (χ3v) is 16.8. The van der Waals surface area contributed by atoms with Crippen molar-refractivity contribution in [1.29, 1.82) is 0 Å². The van der Waals surface area contributed by atoms with Gasteiger partial charge in [-0.1, -0.05) is 216 Å². The zero-order valence-electron chi connectivity index (χ0n) is 37.1. The average Bonchev–Trinajstić information content (AvgIpc) is 3.46. The lowest BCUT2D eigenvalue weighted by Crippen LogP contribution is -2.70. The Morgan fingerprint density at radius 3 is 0.923 bits per heavy atom. The molecule has 0 N–H and O–H groups in total. The molecule has 0 nitrogen and oxygen atoms in total. The van der Waals surface area contributed by atoms with E-state index in [4.69, 9.17) is 0 Å². The lowest BCUT2D eigenvalue weighted by atomic mass is 9.80. The van der Waals surface area contributed by atoms with Crippen molar-refractivity contribution in [3.8, 4) is 0 Å². The van der Waals surface area contributed by atoms with E-state index >= 15 is 0 Å². The van der Waals surface area contributed by atoms with Crippen molar-refractivity contribution in [2.75, 3.05) is 0 Å². The molecule has 0 aliphatic heterocycles. The highest BCUT2D eigenvalue weighted by molar-refractivity contribution is 7.13. The van der Waals surface area contributed by atoms with Crippen molar-refractivity contribution in [1.82, 2.24) is 0 Å². The molecule has 3 aromatic carbocycles. The molecule has 1 heteroatoms.